The third kappa shape index (κ3) is 3.66. The van der Waals surface area contributed by atoms with Crippen molar-refractivity contribution in [2.45, 2.75) is 18.9 Å². The number of carbonyl (C=O) groups is 1. The first-order chi connectivity index (χ1) is 11.6. The van der Waals surface area contributed by atoms with Crippen LogP contribution in [0.15, 0.2) is 42.5 Å². The minimum absolute atomic E-state index is 0.144. The third-order valence-corrected chi connectivity index (χ3v) is 4.70. The van der Waals surface area contributed by atoms with E-state index in [9.17, 15) is 4.79 Å². The van der Waals surface area contributed by atoms with E-state index in [1.165, 1.54) is 0 Å². The molecule has 0 atom stereocenters. The van der Waals surface area contributed by atoms with Gasteiger partial charge < -0.3 is 15.4 Å². The van der Waals surface area contributed by atoms with Crippen molar-refractivity contribution in [1.82, 2.24) is 4.90 Å². The van der Waals surface area contributed by atoms with Crippen LogP contribution in [0.3, 0.4) is 0 Å². The van der Waals surface area contributed by atoms with E-state index >= 15 is 0 Å². The van der Waals surface area contributed by atoms with Gasteiger partial charge in [0.2, 0.25) is 0 Å². The van der Waals surface area contributed by atoms with Crippen LogP contribution >= 0.6 is 23.2 Å². The number of para-hydroxylation sites is 1. The predicted molar refractivity (Wildman–Crippen MR) is 96.1 cm³/mol. The van der Waals surface area contributed by atoms with Crippen molar-refractivity contribution < 1.29 is 9.53 Å². The first-order valence-electron chi connectivity index (χ1n) is 7.82. The molecule has 1 amide bonds. The summed E-state index contributed by atoms with van der Waals surface area (Å²) in [5.41, 5.74) is 6.27. The second kappa shape index (κ2) is 7.43. The Morgan fingerprint density at radius 2 is 1.62 bits per heavy atom. The highest BCUT2D eigenvalue weighted by Gasteiger charge is 2.26. The molecule has 0 bridgehead atoms. The molecule has 1 saturated heterocycles. The largest absolute Gasteiger partial charge is 0.455 e. The summed E-state index contributed by atoms with van der Waals surface area (Å²) in [6, 6.07) is 12.4. The number of hydrogen-bond acceptors (Lipinski definition) is 3. The molecule has 2 aromatic carbocycles. The number of nitrogens with two attached hydrogens (primary N) is 1. The number of halogens is 2. The Morgan fingerprint density at radius 3 is 2.33 bits per heavy atom. The molecule has 4 nitrogen and oxygen atoms in total. The highest BCUT2D eigenvalue weighted by Crippen LogP contribution is 2.34. The lowest BCUT2D eigenvalue weighted by molar-refractivity contribution is 0.0712. The molecule has 2 N–H and O–H groups in total. The summed E-state index contributed by atoms with van der Waals surface area (Å²) in [6.07, 6.45) is 1.58. The van der Waals surface area contributed by atoms with Gasteiger partial charge in [0, 0.05) is 19.1 Å². The smallest absolute Gasteiger partial charge is 0.259 e. The predicted octanol–water partition coefficient (Wildman–Crippen LogP) is 4.35. The highest BCUT2D eigenvalue weighted by atomic mass is 35.5. The summed E-state index contributed by atoms with van der Waals surface area (Å²) in [6.45, 7) is 1.24. The van der Waals surface area contributed by atoms with Crippen molar-refractivity contribution >= 4 is 29.1 Å². The van der Waals surface area contributed by atoms with Crippen molar-refractivity contribution in [3.63, 3.8) is 0 Å². The van der Waals surface area contributed by atoms with Crippen LogP contribution in [0, 0.1) is 0 Å². The molecule has 3 rings (SSSR count). The van der Waals surface area contributed by atoms with Crippen molar-refractivity contribution in [2.24, 2.45) is 5.73 Å². The normalized spacial score (nSPS) is 15.4. The van der Waals surface area contributed by atoms with Gasteiger partial charge in [0.1, 0.15) is 17.1 Å². The van der Waals surface area contributed by atoms with Gasteiger partial charge in [-0.1, -0.05) is 41.4 Å². The first-order valence-corrected chi connectivity index (χ1v) is 8.57. The molecule has 24 heavy (non-hydrogen) atoms. The van der Waals surface area contributed by atoms with Crippen molar-refractivity contribution in [3.8, 4) is 11.5 Å². The Hall–Kier alpha value is -1.75. The number of amides is 1. The summed E-state index contributed by atoms with van der Waals surface area (Å²) in [4.78, 5) is 14.7. The summed E-state index contributed by atoms with van der Waals surface area (Å²) in [5, 5.41) is 0.833. The van der Waals surface area contributed by atoms with Crippen LogP contribution in [0.2, 0.25) is 10.0 Å². The van der Waals surface area contributed by atoms with Crippen LogP contribution in [0.1, 0.15) is 23.2 Å². The van der Waals surface area contributed by atoms with Crippen molar-refractivity contribution in [2.75, 3.05) is 13.1 Å². The maximum absolute atomic E-state index is 12.9. The number of likely N-dealkylation sites (tertiary alicyclic amines) is 1. The molecular weight excluding hydrogens is 347 g/mol. The number of hydrogen-bond donors (Lipinski definition) is 1. The van der Waals surface area contributed by atoms with Gasteiger partial charge in [-0.25, -0.2) is 0 Å². The second-order valence-electron chi connectivity index (χ2n) is 5.78. The van der Waals surface area contributed by atoms with Gasteiger partial charge in [-0.2, -0.15) is 0 Å². The molecule has 0 aliphatic carbocycles. The van der Waals surface area contributed by atoms with Gasteiger partial charge in [0.15, 0.2) is 0 Å². The molecule has 1 aliphatic rings. The van der Waals surface area contributed by atoms with Crippen LogP contribution in [0.25, 0.3) is 0 Å². The monoisotopic (exact) mass is 364 g/mol. The SMILES string of the molecule is NC1CCN(C(=O)c2c(Cl)cccc2Oc2ccccc2Cl)CC1. The van der Waals surface area contributed by atoms with Crippen molar-refractivity contribution in [1.29, 1.82) is 0 Å². The molecule has 0 aromatic heterocycles. The zero-order valence-electron chi connectivity index (χ0n) is 13.0. The van der Waals surface area contributed by atoms with Gasteiger partial charge in [0.25, 0.3) is 5.91 Å². The Bertz CT molecular complexity index is 744. The van der Waals surface area contributed by atoms with E-state index < -0.39 is 0 Å². The van der Waals surface area contributed by atoms with E-state index in [0.29, 0.717) is 40.2 Å². The van der Waals surface area contributed by atoms with Gasteiger partial charge in [0.05, 0.1) is 10.0 Å². The summed E-state index contributed by atoms with van der Waals surface area (Å²) in [7, 11) is 0. The lowest BCUT2D eigenvalue weighted by Gasteiger charge is -2.30. The number of carbonyl (C=O) groups excluding carboxylic acids is 1. The maximum Gasteiger partial charge on any atom is 0.259 e. The first kappa shape index (κ1) is 17.1. The van der Waals surface area contributed by atoms with E-state index in [1.807, 2.05) is 12.1 Å². The molecular formula is C18H18Cl2N2O2. The van der Waals surface area contributed by atoms with Crippen LogP contribution < -0.4 is 10.5 Å². The fourth-order valence-corrected chi connectivity index (χ4v) is 3.12. The number of rotatable bonds is 3. The lowest BCUT2D eigenvalue weighted by atomic mass is 10.0. The number of benzene rings is 2. The molecule has 0 unspecified atom stereocenters. The van der Waals surface area contributed by atoms with E-state index in [2.05, 4.69) is 0 Å². The molecule has 0 spiro atoms. The standard InChI is InChI=1S/C18H18Cl2N2O2/c19-13-4-1-2-6-15(13)24-16-7-3-5-14(20)17(16)18(23)22-10-8-12(21)9-11-22/h1-7,12H,8-11,21H2. The minimum Gasteiger partial charge on any atom is -0.455 e. The fraction of sp³-hybridized carbons (Fsp3) is 0.278. The Labute approximate surface area is 151 Å². The van der Waals surface area contributed by atoms with E-state index in [0.717, 1.165) is 12.8 Å². The summed E-state index contributed by atoms with van der Waals surface area (Å²) in [5.74, 6) is 0.737. The Kier molecular flexibility index (Phi) is 5.29. The van der Waals surface area contributed by atoms with E-state index in [4.69, 9.17) is 33.7 Å². The molecule has 0 saturated carbocycles. The topological polar surface area (TPSA) is 55.6 Å². The number of ether oxygens (including phenoxy) is 1. The molecule has 126 valence electrons. The van der Waals surface area contributed by atoms with Crippen LogP contribution in [0.5, 0.6) is 11.5 Å². The second-order valence-corrected chi connectivity index (χ2v) is 6.59. The fourth-order valence-electron chi connectivity index (χ4n) is 2.70. The van der Waals surface area contributed by atoms with Crippen LogP contribution in [-0.4, -0.2) is 29.9 Å². The summed E-state index contributed by atoms with van der Waals surface area (Å²) >= 11 is 12.4. The quantitative estimate of drug-likeness (QED) is 0.880. The van der Waals surface area contributed by atoms with Gasteiger partial charge in [-0.3, -0.25) is 4.79 Å². The molecule has 1 fully saturated rings. The average Bonchev–Trinajstić information content (AvgIpc) is 2.57. The number of nitrogens with zero attached hydrogens (tertiary/aromatic N) is 1. The van der Waals surface area contributed by atoms with Crippen LogP contribution in [-0.2, 0) is 0 Å². The van der Waals surface area contributed by atoms with Crippen molar-refractivity contribution in [3.05, 3.63) is 58.1 Å². The zero-order valence-corrected chi connectivity index (χ0v) is 14.6. The van der Waals surface area contributed by atoms with Crippen LogP contribution in [0.4, 0.5) is 0 Å². The van der Waals surface area contributed by atoms with E-state index in [-0.39, 0.29) is 11.9 Å². The highest BCUT2D eigenvalue weighted by molar-refractivity contribution is 6.34. The average molecular weight is 365 g/mol. The third-order valence-electron chi connectivity index (χ3n) is 4.07. The molecule has 1 aliphatic heterocycles. The van der Waals surface area contributed by atoms with Gasteiger partial charge >= 0.3 is 0 Å². The summed E-state index contributed by atoms with van der Waals surface area (Å²) < 4.78 is 5.87. The van der Waals surface area contributed by atoms with E-state index in [1.54, 1.807) is 35.2 Å². The lowest BCUT2D eigenvalue weighted by Crippen LogP contribution is -2.43. The van der Waals surface area contributed by atoms with Gasteiger partial charge in [-0.05, 0) is 37.1 Å². The van der Waals surface area contributed by atoms with Gasteiger partial charge in [-0.15, -0.1) is 0 Å². The maximum atomic E-state index is 12.9. The molecule has 6 heteroatoms. The minimum atomic E-state index is -0.144. The molecule has 1 heterocycles. The Balaban J connectivity index is 1.90. The Morgan fingerprint density at radius 1 is 1.00 bits per heavy atom. The zero-order chi connectivity index (χ0) is 17.1. The molecule has 2 aromatic rings. The molecule has 0 radical (unpaired) electrons. The number of piperidine rings is 1.